The normalized spacial score (nSPS) is 26.9. The van der Waals surface area contributed by atoms with Gasteiger partial charge in [-0.2, -0.15) is 0 Å². The molecule has 1 fully saturated rings. The van der Waals surface area contributed by atoms with E-state index in [0.29, 0.717) is 16.5 Å². The molecule has 0 unspecified atom stereocenters. The Morgan fingerprint density at radius 2 is 1.89 bits per heavy atom. The van der Waals surface area contributed by atoms with E-state index in [0.717, 1.165) is 21.8 Å². The predicted octanol–water partition coefficient (Wildman–Crippen LogP) is 5.52. The van der Waals surface area contributed by atoms with Crippen molar-refractivity contribution in [2.45, 2.75) is 31.7 Å². The van der Waals surface area contributed by atoms with Crippen LogP contribution in [0.2, 0.25) is 10.0 Å². The first-order valence-electron chi connectivity index (χ1n) is 9.00. The standard InChI is InChI=1S/C21H20Cl2N2OS/c1-11(2)16-10-18(27)25-19(12-4-3-5-13(22)8-12)21(16)15-7-6-14(23)9-17(15)24-20(21)26/h3-9,11,16,19H,10H2,1-2H3,(H,24,26)(H,25,27)/t16-,19+,21-/m1/s1. The molecule has 0 radical (unpaired) electrons. The van der Waals surface area contributed by atoms with Crippen molar-refractivity contribution in [3.05, 3.63) is 63.6 Å². The number of rotatable bonds is 2. The second kappa shape index (κ2) is 6.77. The zero-order valence-corrected chi connectivity index (χ0v) is 17.4. The summed E-state index contributed by atoms with van der Waals surface area (Å²) in [6.07, 6.45) is 0.666. The second-order valence-corrected chi connectivity index (χ2v) is 8.99. The number of benzene rings is 2. The Hall–Kier alpha value is -1.62. The largest absolute Gasteiger partial charge is 0.371 e. The number of hydrogen-bond donors (Lipinski definition) is 2. The molecule has 140 valence electrons. The molecular formula is C21H20Cl2N2OS. The van der Waals surface area contributed by atoms with E-state index in [1.54, 1.807) is 0 Å². The van der Waals surface area contributed by atoms with Crippen LogP contribution in [0.1, 0.15) is 37.4 Å². The summed E-state index contributed by atoms with van der Waals surface area (Å²) in [7, 11) is 0. The lowest BCUT2D eigenvalue weighted by Crippen LogP contribution is -2.58. The summed E-state index contributed by atoms with van der Waals surface area (Å²) < 4.78 is 0. The quantitative estimate of drug-likeness (QED) is 0.630. The minimum Gasteiger partial charge on any atom is -0.371 e. The molecule has 0 aromatic heterocycles. The lowest BCUT2D eigenvalue weighted by molar-refractivity contribution is -0.125. The van der Waals surface area contributed by atoms with Gasteiger partial charge in [0.25, 0.3) is 0 Å². The van der Waals surface area contributed by atoms with Crippen LogP contribution in [-0.4, -0.2) is 10.9 Å². The van der Waals surface area contributed by atoms with Gasteiger partial charge in [-0.05, 0) is 47.2 Å². The Balaban J connectivity index is 2.00. The number of fused-ring (bicyclic) bond motifs is 2. The van der Waals surface area contributed by atoms with E-state index >= 15 is 0 Å². The Bertz CT molecular complexity index is 946. The van der Waals surface area contributed by atoms with E-state index in [4.69, 9.17) is 35.4 Å². The molecule has 3 atom stereocenters. The number of amides is 1. The van der Waals surface area contributed by atoms with Crippen molar-refractivity contribution in [1.29, 1.82) is 0 Å². The molecule has 2 heterocycles. The Morgan fingerprint density at radius 3 is 2.59 bits per heavy atom. The fourth-order valence-electron chi connectivity index (χ4n) is 4.69. The van der Waals surface area contributed by atoms with Crippen LogP contribution in [0.3, 0.4) is 0 Å². The van der Waals surface area contributed by atoms with E-state index in [1.807, 2.05) is 42.5 Å². The van der Waals surface area contributed by atoms with Gasteiger partial charge in [-0.3, -0.25) is 4.79 Å². The van der Waals surface area contributed by atoms with E-state index in [9.17, 15) is 4.79 Å². The minimum atomic E-state index is -0.777. The lowest BCUT2D eigenvalue weighted by Gasteiger charge is -2.48. The summed E-state index contributed by atoms with van der Waals surface area (Å²) in [5, 5.41) is 7.75. The van der Waals surface area contributed by atoms with Crippen LogP contribution in [0.5, 0.6) is 0 Å². The first-order valence-corrected chi connectivity index (χ1v) is 10.2. The summed E-state index contributed by atoms with van der Waals surface area (Å²) in [5.41, 5.74) is 1.92. The maximum atomic E-state index is 13.5. The van der Waals surface area contributed by atoms with Gasteiger partial charge in [0.15, 0.2) is 0 Å². The molecule has 0 saturated carbocycles. The van der Waals surface area contributed by atoms with Gasteiger partial charge < -0.3 is 10.6 Å². The smallest absolute Gasteiger partial charge is 0.237 e. The van der Waals surface area contributed by atoms with Crippen molar-refractivity contribution in [1.82, 2.24) is 5.32 Å². The number of anilines is 1. The SMILES string of the molecule is CC(C)[C@H]1CC(=S)N[C@@H](c2cccc(Cl)c2)[C@]12C(=O)Nc1cc(Cl)ccc12. The molecule has 2 aromatic rings. The predicted molar refractivity (Wildman–Crippen MR) is 115 cm³/mol. The van der Waals surface area contributed by atoms with Crippen molar-refractivity contribution in [2.24, 2.45) is 11.8 Å². The van der Waals surface area contributed by atoms with Gasteiger partial charge >= 0.3 is 0 Å². The third kappa shape index (κ3) is 2.86. The van der Waals surface area contributed by atoms with Gasteiger partial charge in [0.1, 0.15) is 5.41 Å². The van der Waals surface area contributed by atoms with Crippen molar-refractivity contribution >= 4 is 52.0 Å². The van der Waals surface area contributed by atoms with E-state index in [1.165, 1.54) is 0 Å². The Morgan fingerprint density at radius 1 is 1.15 bits per heavy atom. The molecule has 1 saturated heterocycles. The molecule has 0 bridgehead atoms. The number of thiocarbonyl (C=S) groups is 1. The van der Waals surface area contributed by atoms with Crippen LogP contribution in [-0.2, 0) is 10.2 Å². The van der Waals surface area contributed by atoms with Crippen LogP contribution in [0.25, 0.3) is 0 Å². The van der Waals surface area contributed by atoms with Crippen molar-refractivity contribution in [2.75, 3.05) is 5.32 Å². The first-order chi connectivity index (χ1) is 12.8. The topological polar surface area (TPSA) is 41.1 Å². The first kappa shape index (κ1) is 18.7. The van der Waals surface area contributed by atoms with E-state index in [-0.39, 0.29) is 23.8 Å². The third-order valence-corrected chi connectivity index (χ3v) is 6.54. The number of nitrogens with one attached hydrogen (secondary N) is 2. The maximum Gasteiger partial charge on any atom is 0.237 e. The molecular weight excluding hydrogens is 399 g/mol. The molecule has 0 aliphatic carbocycles. The van der Waals surface area contributed by atoms with Crippen LogP contribution >= 0.6 is 35.4 Å². The number of piperidine rings is 1. The van der Waals surface area contributed by atoms with Gasteiger partial charge in [-0.1, -0.05) is 67.5 Å². The van der Waals surface area contributed by atoms with E-state index in [2.05, 4.69) is 24.5 Å². The van der Waals surface area contributed by atoms with Gasteiger partial charge in [0.2, 0.25) is 5.91 Å². The maximum absolute atomic E-state index is 13.5. The second-order valence-electron chi connectivity index (χ2n) is 7.62. The molecule has 27 heavy (non-hydrogen) atoms. The molecule has 6 heteroatoms. The molecule has 4 rings (SSSR count). The van der Waals surface area contributed by atoms with Crippen LogP contribution in [0, 0.1) is 11.8 Å². The summed E-state index contributed by atoms with van der Waals surface area (Å²) in [6, 6.07) is 13.0. The van der Waals surface area contributed by atoms with Gasteiger partial charge in [0.05, 0.1) is 11.0 Å². The van der Waals surface area contributed by atoms with Crippen LogP contribution < -0.4 is 10.6 Å². The number of hydrogen-bond acceptors (Lipinski definition) is 2. The molecule has 3 nitrogen and oxygen atoms in total. The van der Waals surface area contributed by atoms with Crippen molar-refractivity contribution in [3.63, 3.8) is 0 Å². The van der Waals surface area contributed by atoms with Crippen LogP contribution in [0.15, 0.2) is 42.5 Å². The Kier molecular flexibility index (Phi) is 4.69. The third-order valence-electron chi connectivity index (χ3n) is 5.79. The summed E-state index contributed by atoms with van der Waals surface area (Å²) >= 11 is 18.1. The molecule has 2 aliphatic rings. The molecule has 2 aromatic carbocycles. The zero-order valence-electron chi connectivity index (χ0n) is 15.1. The highest BCUT2D eigenvalue weighted by Gasteiger charge is 2.60. The minimum absolute atomic E-state index is 0.0153. The van der Waals surface area contributed by atoms with Gasteiger partial charge in [0, 0.05) is 22.2 Å². The van der Waals surface area contributed by atoms with Crippen LogP contribution in [0.4, 0.5) is 5.69 Å². The Labute approximate surface area is 174 Å². The number of halogens is 2. The molecule has 2 aliphatic heterocycles. The lowest BCUT2D eigenvalue weighted by atomic mass is 9.58. The van der Waals surface area contributed by atoms with E-state index < -0.39 is 5.41 Å². The fourth-order valence-corrected chi connectivity index (χ4v) is 5.35. The van der Waals surface area contributed by atoms with Gasteiger partial charge in [-0.25, -0.2) is 0 Å². The molecule has 1 spiro atoms. The number of carbonyl (C=O) groups is 1. The summed E-state index contributed by atoms with van der Waals surface area (Å²) in [6.45, 7) is 4.30. The van der Waals surface area contributed by atoms with Crippen molar-refractivity contribution < 1.29 is 4.79 Å². The summed E-state index contributed by atoms with van der Waals surface area (Å²) in [5.74, 6) is 0.301. The zero-order chi connectivity index (χ0) is 19.3. The number of carbonyl (C=O) groups excluding carboxylic acids is 1. The highest BCUT2D eigenvalue weighted by molar-refractivity contribution is 7.80. The highest BCUT2D eigenvalue weighted by atomic mass is 35.5. The average Bonchev–Trinajstić information content (AvgIpc) is 2.88. The average molecular weight is 419 g/mol. The van der Waals surface area contributed by atoms with Crippen molar-refractivity contribution in [3.8, 4) is 0 Å². The monoisotopic (exact) mass is 418 g/mol. The molecule has 1 amide bonds. The molecule has 2 N–H and O–H groups in total. The fraction of sp³-hybridized carbons (Fsp3) is 0.333. The summed E-state index contributed by atoms with van der Waals surface area (Å²) in [4.78, 5) is 14.3. The highest BCUT2D eigenvalue weighted by Crippen LogP contribution is 2.56. The van der Waals surface area contributed by atoms with Gasteiger partial charge in [-0.15, -0.1) is 0 Å².